The minimum Gasteiger partial charge on any atom is -0.506 e. The summed E-state index contributed by atoms with van der Waals surface area (Å²) in [7, 11) is 0. The predicted molar refractivity (Wildman–Crippen MR) is 118 cm³/mol. The predicted octanol–water partition coefficient (Wildman–Crippen LogP) is 3.49. The van der Waals surface area contributed by atoms with E-state index in [1.807, 2.05) is 0 Å². The van der Waals surface area contributed by atoms with E-state index in [-0.39, 0.29) is 27.8 Å². The van der Waals surface area contributed by atoms with Crippen molar-refractivity contribution in [1.82, 2.24) is 9.91 Å². The third-order valence-corrected chi connectivity index (χ3v) is 5.33. The second-order valence-corrected chi connectivity index (χ2v) is 7.58. The van der Waals surface area contributed by atoms with E-state index in [1.165, 1.54) is 0 Å². The Morgan fingerprint density at radius 2 is 2.06 bits per heavy atom. The van der Waals surface area contributed by atoms with Gasteiger partial charge in [0.15, 0.2) is 0 Å². The first-order valence-corrected chi connectivity index (χ1v) is 10.4. The Balaban J connectivity index is 2.03. The second kappa shape index (κ2) is 9.97. The first kappa shape index (κ1) is 22.8. The molecule has 0 amide bonds. The van der Waals surface area contributed by atoms with Crippen LogP contribution in [-0.2, 0) is 9.53 Å². The number of carbonyl (C=O) groups excluding carboxylic acids is 1. The van der Waals surface area contributed by atoms with Gasteiger partial charge in [-0.15, -0.1) is 0 Å². The number of fused-ring (bicyclic) bond motifs is 1. The molecule has 166 valence electrons. The van der Waals surface area contributed by atoms with Crippen LogP contribution in [0.3, 0.4) is 0 Å². The van der Waals surface area contributed by atoms with E-state index in [0.29, 0.717) is 19.0 Å². The second-order valence-electron chi connectivity index (χ2n) is 6.77. The van der Waals surface area contributed by atoms with Crippen LogP contribution in [0, 0.1) is 10.1 Å². The zero-order valence-electron chi connectivity index (χ0n) is 16.8. The maximum atomic E-state index is 12.5. The lowest BCUT2D eigenvalue weighted by molar-refractivity contribution is -0.384. The summed E-state index contributed by atoms with van der Waals surface area (Å²) in [6.07, 6.45) is 2.98. The van der Waals surface area contributed by atoms with Gasteiger partial charge >= 0.3 is 5.97 Å². The third-order valence-electron chi connectivity index (χ3n) is 4.72. The molecule has 31 heavy (non-hydrogen) atoms. The number of aliphatic hydroxyl groups is 1. The quantitative estimate of drug-likeness (QED) is 0.169. The van der Waals surface area contributed by atoms with Gasteiger partial charge in [0.2, 0.25) is 5.96 Å². The van der Waals surface area contributed by atoms with Crippen LogP contribution >= 0.6 is 23.2 Å². The normalized spacial score (nSPS) is 17.2. The first-order chi connectivity index (χ1) is 14.8. The number of ether oxygens (including phenoxy) is 1. The maximum absolute atomic E-state index is 12.5. The number of aliphatic imine (C=N–C) groups is 1. The van der Waals surface area contributed by atoms with Crippen LogP contribution in [0.5, 0.6) is 0 Å². The van der Waals surface area contributed by atoms with E-state index < -0.39 is 22.3 Å². The third kappa shape index (κ3) is 5.08. The number of aliphatic hydroxyl groups excluding tert-OH is 1. The molecule has 1 fully saturated rings. The van der Waals surface area contributed by atoms with Crippen molar-refractivity contribution in [3.05, 3.63) is 43.4 Å². The van der Waals surface area contributed by atoms with Crippen LogP contribution in [0.4, 0.5) is 5.69 Å². The minimum atomic E-state index is -0.850. The number of rotatable bonds is 6. The van der Waals surface area contributed by atoms with Crippen LogP contribution in [0.1, 0.15) is 25.3 Å². The molecule has 1 aromatic rings. The summed E-state index contributed by atoms with van der Waals surface area (Å²) in [6.45, 7) is 4.70. The summed E-state index contributed by atoms with van der Waals surface area (Å²) >= 11 is 12.0. The molecular weight excluding hydrogens is 449 g/mol. The van der Waals surface area contributed by atoms with Crippen LogP contribution in [0.25, 0.3) is 5.76 Å². The fraction of sp³-hybridized carbons (Fsp3) is 0.421. The summed E-state index contributed by atoms with van der Waals surface area (Å²) < 4.78 is 5.02. The molecule has 0 saturated carbocycles. The van der Waals surface area contributed by atoms with E-state index in [4.69, 9.17) is 27.9 Å². The zero-order valence-corrected chi connectivity index (χ0v) is 18.3. The Labute approximate surface area is 188 Å². The summed E-state index contributed by atoms with van der Waals surface area (Å²) in [5, 5.41) is 27.7. The van der Waals surface area contributed by atoms with Gasteiger partial charge in [0.1, 0.15) is 16.4 Å². The van der Waals surface area contributed by atoms with E-state index in [0.717, 1.165) is 44.3 Å². The fourth-order valence-electron chi connectivity index (χ4n) is 3.27. The number of nitro groups is 1. The van der Waals surface area contributed by atoms with E-state index in [2.05, 4.69) is 15.0 Å². The average molecular weight is 470 g/mol. The smallest absolute Gasteiger partial charge is 0.343 e. The molecule has 1 saturated heterocycles. The lowest BCUT2D eigenvalue weighted by Crippen LogP contribution is -2.50. The molecular formula is C19H21Cl2N5O5. The monoisotopic (exact) mass is 469 g/mol. The van der Waals surface area contributed by atoms with Gasteiger partial charge < -0.3 is 14.7 Å². The molecule has 0 aliphatic carbocycles. The number of benzene rings is 1. The van der Waals surface area contributed by atoms with Crippen molar-refractivity contribution in [1.29, 1.82) is 0 Å². The number of esters is 1. The average Bonchev–Trinajstić information content (AvgIpc) is 2.73. The number of guanidine groups is 1. The van der Waals surface area contributed by atoms with Crippen molar-refractivity contribution in [2.24, 2.45) is 10.1 Å². The number of halogens is 2. The molecule has 10 nitrogen and oxygen atoms in total. The van der Waals surface area contributed by atoms with Gasteiger partial charge in [0.25, 0.3) is 5.69 Å². The molecule has 12 heteroatoms. The number of carbonyl (C=O) groups is 1. The number of nitro benzene ring substituents is 1. The van der Waals surface area contributed by atoms with Gasteiger partial charge in [0.05, 0.1) is 22.8 Å². The van der Waals surface area contributed by atoms with Crippen molar-refractivity contribution in [3.8, 4) is 0 Å². The Bertz CT molecular complexity index is 979. The van der Waals surface area contributed by atoms with E-state index in [9.17, 15) is 20.0 Å². The highest BCUT2D eigenvalue weighted by Gasteiger charge is 2.27. The van der Waals surface area contributed by atoms with Gasteiger partial charge in [-0.25, -0.2) is 9.80 Å². The summed E-state index contributed by atoms with van der Waals surface area (Å²) in [5.41, 5.74) is -0.896. The fourth-order valence-corrected chi connectivity index (χ4v) is 3.81. The lowest BCUT2D eigenvalue weighted by atomic mass is 10.1. The minimum absolute atomic E-state index is 0.0577. The zero-order chi connectivity index (χ0) is 22.5. The number of hydrogen-bond acceptors (Lipinski definition) is 9. The summed E-state index contributed by atoms with van der Waals surface area (Å²) in [5.74, 6) is -0.750. The molecule has 0 bridgehead atoms. The van der Waals surface area contributed by atoms with Gasteiger partial charge in [-0.1, -0.05) is 23.2 Å². The molecule has 2 aliphatic heterocycles. The molecule has 1 N–H and O–H groups in total. The van der Waals surface area contributed by atoms with E-state index >= 15 is 0 Å². The van der Waals surface area contributed by atoms with Gasteiger partial charge in [0, 0.05) is 37.8 Å². The molecule has 2 aliphatic rings. The van der Waals surface area contributed by atoms with E-state index in [1.54, 1.807) is 11.9 Å². The molecule has 2 heterocycles. The molecule has 0 spiro atoms. The molecule has 1 aromatic carbocycles. The standard InChI is InChI=1S/C19H21Cl2N5O5/c1-2-31-18(28)13(11-23-25-8-4-7-24-6-3-5-22-19(24)25)17(27)12-9-16(26(29)30)15(21)10-14(12)20/h9-11,27H,2-8H2,1H3/b17-13+,23-11+. The Morgan fingerprint density at radius 3 is 2.77 bits per heavy atom. The highest BCUT2D eigenvalue weighted by atomic mass is 35.5. The van der Waals surface area contributed by atoms with Crippen LogP contribution < -0.4 is 0 Å². The SMILES string of the molecule is CCOC(=O)C(/C=N/N1CCCN2CCCN=C21)=C(/O)c1cc([N+](=O)[O-])c(Cl)cc1Cl. The van der Waals surface area contributed by atoms with Crippen molar-refractivity contribution >= 4 is 52.8 Å². The molecule has 3 rings (SSSR count). The lowest BCUT2D eigenvalue weighted by Gasteiger charge is -2.38. The number of nitrogens with zero attached hydrogens (tertiary/aromatic N) is 5. The topological polar surface area (TPSA) is 121 Å². The number of hydrogen-bond donors (Lipinski definition) is 1. The highest BCUT2D eigenvalue weighted by Crippen LogP contribution is 2.34. The largest absolute Gasteiger partial charge is 0.506 e. The summed E-state index contributed by atoms with van der Waals surface area (Å²) in [6, 6.07) is 2.13. The van der Waals surface area contributed by atoms with Crippen LogP contribution in [0.15, 0.2) is 27.8 Å². The number of hydrazone groups is 1. The van der Waals surface area contributed by atoms with Crippen molar-refractivity contribution in [2.45, 2.75) is 19.8 Å². The van der Waals surface area contributed by atoms with Gasteiger partial charge in [-0.2, -0.15) is 5.10 Å². The summed E-state index contributed by atoms with van der Waals surface area (Å²) in [4.78, 5) is 29.6. The molecule has 0 unspecified atom stereocenters. The van der Waals surface area contributed by atoms with Crippen molar-refractivity contribution in [3.63, 3.8) is 0 Å². The Hall–Kier alpha value is -2.85. The Kier molecular flexibility index (Phi) is 7.34. The Morgan fingerprint density at radius 1 is 1.32 bits per heavy atom. The maximum Gasteiger partial charge on any atom is 0.343 e. The molecule has 0 radical (unpaired) electrons. The van der Waals surface area contributed by atoms with Gasteiger partial charge in [-0.05, 0) is 25.8 Å². The molecule has 0 atom stereocenters. The van der Waals surface area contributed by atoms with Crippen molar-refractivity contribution in [2.75, 3.05) is 32.8 Å². The highest BCUT2D eigenvalue weighted by molar-refractivity contribution is 6.37. The van der Waals surface area contributed by atoms with Crippen molar-refractivity contribution < 1.29 is 19.6 Å². The van der Waals surface area contributed by atoms with Crippen LogP contribution in [0.2, 0.25) is 10.0 Å². The van der Waals surface area contributed by atoms with Gasteiger partial charge in [-0.3, -0.25) is 15.1 Å². The molecule has 0 aromatic heterocycles. The first-order valence-electron chi connectivity index (χ1n) is 9.68. The van der Waals surface area contributed by atoms with Crippen LogP contribution in [-0.4, -0.2) is 70.9 Å².